The van der Waals surface area contributed by atoms with Crippen molar-refractivity contribution < 1.29 is 28.9 Å². The molecule has 0 unspecified atom stereocenters. The Balaban J connectivity index is 1.76. The van der Waals surface area contributed by atoms with Crippen LogP contribution in [0, 0.1) is 0 Å². The first kappa shape index (κ1) is 22.6. The van der Waals surface area contributed by atoms with Crippen LogP contribution >= 0.6 is 0 Å². The summed E-state index contributed by atoms with van der Waals surface area (Å²) < 4.78 is 16.0. The van der Waals surface area contributed by atoms with Crippen molar-refractivity contribution in [2.75, 3.05) is 18.5 Å². The SMILES string of the molecule is CC(C)(C)OC(=O)OCCOc1nc(C2CC2)nc2ccc(NC(C)(C)C(=O)O)cc12. The van der Waals surface area contributed by atoms with Crippen LogP contribution in [0.15, 0.2) is 18.2 Å². The first-order valence-corrected chi connectivity index (χ1v) is 10.3. The maximum Gasteiger partial charge on any atom is 0.508 e. The highest BCUT2D eigenvalue weighted by Gasteiger charge is 2.29. The summed E-state index contributed by atoms with van der Waals surface area (Å²) in [5.74, 6) is 0.454. The molecule has 2 N–H and O–H groups in total. The second-order valence-corrected chi connectivity index (χ2v) is 9.11. The van der Waals surface area contributed by atoms with Crippen molar-refractivity contribution in [1.29, 1.82) is 0 Å². The predicted molar refractivity (Wildman–Crippen MR) is 115 cm³/mol. The normalized spacial score (nSPS) is 14.2. The van der Waals surface area contributed by atoms with Crippen molar-refractivity contribution in [2.24, 2.45) is 0 Å². The van der Waals surface area contributed by atoms with Crippen molar-refractivity contribution in [3.8, 4) is 5.88 Å². The van der Waals surface area contributed by atoms with Gasteiger partial charge in [-0.1, -0.05) is 0 Å². The van der Waals surface area contributed by atoms with E-state index in [1.54, 1.807) is 46.8 Å². The lowest BCUT2D eigenvalue weighted by molar-refractivity contribution is -0.141. The molecule has 0 aliphatic heterocycles. The third-order valence-corrected chi connectivity index (χ3v) is 4.54. The fourth-order valence-electron chi connectivity index (χ4n) is 2.79. The number of nitrogens with one attached hydrogen (secondary N) is 1. The second kappa shape index (κ2) is 8.56. The average molecular weight is 431 g/mol. The van der Waals surface area contributed by atoms with E-state index >= 15 is 0 Å². The molecule has 0 radical (unpaired) electrons. The molecule has 0 bridgehead atoms. The number of carbonyl (C=O) groups is 2. The Labute approximate surface area is 181 Å². The lowest BCUT2D eigenvalue weighted by atomic mass is 10.1. The smallest absolute Gasteiger partial charge is 0.480 e. The van der Waals surface area contributed by atoms with E-state index in [4.69, 9.17) is 14.2 Å². The number of rotatable bonds is 8. The van der Waals surface area contributed by atoms with E-state index in [1.165, 1.54) is 0 Å². The van der Waals surface area contributed by atoms with Crippen LogP contribution < -0.4 is 10.1 Å². The van der Waals surface area contributed by atoms with Gasteiger partial charge in [0, 0.05) is 11.6 Å². The van der Waals surface area contributed by atoms with Gasteiger partial charge in [-0.25, -0.2) is 14.6 Å². The topological polar surface area (TPSA) is 120 Å². The second-order valence-electron chi connectivity index (χ2n) is 9.11. The van der Waals surface area contributed by atoms with E-state index in [0.29, 0.717) is 28.4 Å². The van der Waals surface area contributed by atoms with E-state index in [9.17, 15) is 14.7 Å². The van der Waals surface area contributed by atoms with Crippen LogP contribution in [0.3, 0.4) is 0 Å². The number of anilines is 1. The van der Waals surface area contributed by atoms with E-state index in [2.05, 4.69) is 15.3 Å². The molecule has 1 aliphatic carbocycles. The first-order chi connectivity index (χ1) is 14.4. The summed E-state index contributed by atoms with van der Waals surface area (Å²) in [7, 11) is 0. The van der Waals surface area contributed by atoms with E-state index in [1.807, 2.05) is 6.07 Å². The van der Waals surface area contributed by atoms with Crippen LogP contribution in [-0.4, -0.2) is 51.6 Å². The quantitative estimate of drug-likeness (QED) is 0.470. The molecule has 1 aromatic carbocycles. The molecule has 9 heteroatoms. The summed E-state index contributed by atoms with van der Waals surface area (Å²) in [6, 6.07) is 5.36. The summed E-state index contributed by atoms with van der Waals surface area (Å²) >= 11 is 0. The number of hydrogen-bond acceptors (Lipinski definition) is 8. The molecule has 1 heterocycles. The first-order valence-electron chi connectivity index (χ1n) is 10.3. The largest absolute Gasteiger partial charge is 0.508 e. The Hall–Kier alpha value is -3.10. The van der Waals surface area contributed by atoms with E-state index < -0.39 is 23.3 Å². The minimum absolute atomic E-state index is 0.00313. The minimum Gasteiger partial charge on any atom is -0.480 e. The number of nitrogens with zero attached hydrogens (tertiary/aromatic N) is 2. The molecule has 3 rings (SSSR count). The van der Waals surface area contributed by atoms with Crippen LogP contribution in [0.5, 0.6) is 5.88 Å². The number of aromatic nitrogens is 2. The molecule has 168 valence electrons. The van der Waals surface area contributed by atoms with E-state index in [-0.39, 0.29) is 13.2 Å². The maximum absolute atomic E-state index is 11.7. The standard InChI is InChI=1S/C22H29N3O6/c1-21(2,3)31-20(28)30-11-10-29-18-15-12-14(25-22(4,5)19(26)27)8-9-16(15)23-17(24-18)13-6-7-13/h8-9,12-13,25H,6-7,10-11H2,1-5H3,(H,26,27). The fourth-order valence-corrected chi connectivity index (χ4v) is 2.79. The Morgan fingerprint density at radius 2 is 1.84 bits per heavy atom. The minimum atomic E-state index is -1.15. The molecule has 9 nitrogen and oxygen atoms in total. The molecule has 0 spiro atoms. The van der Waals surface area contributed by atoms with Crippen LogP contribution in [0.1, 0.15) is 59.2 Å². The van der Waals surface area contributed by atoms with Gasteiger partial charge in [0.1, 0.15) is 30.2 Å². The summed E-state index contributed by atoms with van der Waals surface area (Å²) in [6.07, 6.45) is 1.32. The zero-order valence-corrected chi connectivity index (χ0v) is 18.5. The highest BCUT2D eigenvalue weighted by Crippen LogP contribution is 2.40. The molecule has 1 fully saturated rings. The van der Waals surface area contributed by atoms with Crippen LogP contribution in [0.4, 0.5) is 10.5 Å². The van der Waals surface area contributed by atoms with Crippen LogP contribution in [0.2, 0.25) is 0 Å². The number of hydrogen-bond donors (Lipinski definition) is 2. The average Bonchev–Trinajstić information content (AvgIpc) is 3.48. The van der Waals surface area contributed by atoms with Gasteiger partial charge in [-0.2, -0.15) is 4.98 Å². The molecule has 0 amide bonds. The van der Waals surface area contributed by atoms with Crippen molar-refractivity contribution in [3.63, 3.8) is 0 Å². The third kappa shape index (κ3) is 6.19. The molecule has 1 saturated carbocycles. The Morgan fingerprint density at radius 3 is 2.45 bits per heavy atom. The van der Waals surface area contributed by atoms with Gasteiger partial charge in [0.2, 0.25) is 5.88 Å². The van der Waals surface area contributed by atoms with Crippen molar-refractivity contribution in [2.45, 2.75) is 64.5 Å². The van der Waals surface area contributed by atoms with Gasteiger partial charge >= 0.3 is 12.1 Å². The summed E-state index contributed by atoms with van der Waals surface area (Å²) in [5.41, 5.74) is -0.464. The van der Waals surface area contributed by atoms with Gasteiger partial charge in [-0.15, -0.1) is 0 Å². The van der Waals surface area contributed by atoms with Gasteiger partial charge in [-0.3, -0.25) is 0 Å². The Kier molecular flexibility index (Phi) is 6.24. The number of benzene rings is 1. The number of carboxylic acid groups (broad SMARTS) is 1. The van der Waals surface area contributed by atoms with Crippen molar-refractivity contribution >= 4 is 28.7 Å². The monoisotopic (exact) mass is 431 g/mol. The zero-order chi connectivity index (χ0) is 22.8. The Bertz CT molecular complexity index is 979. The number of aliphatic carboxylic acids is 1. The maximum atomic E-state index is 11.7. The van der Waals surface area contributed by atoms with Gasteiger partial charge < -0.3 is 24.6 Å². The highest BCUT2D eigenvalue weighted by atomic mass is 16.7. The highest BCUT2D eigenvalue weighted by molar-refractivity contribution is 5.88. The molecule has 31 heavy (non-hydrogen) atoms. The number of ether oxygens (including phenoxy) is 3. The zero-order valence-electron chi connectivity index (χ0n) is 18.5. The molecule has 1 aliphatic rings. The van der Waals surface area contributed by atoms with E-state index in [0.717, 1.165) is 18.7 Å². The summed E-state index contributed by atoms with van der Waals surface area (Å²) in [6.45, 7) is 8.53. The van der Waals surface area contributed by atoms with Crippen molar-refractivity contribution in [3.05, 3.63) is 24.0 Å². The number of carboxylic acids is 1. The molecule has 2 aromatic rings. The Morgan fingerprint density at radius 1 is 1.13 bits per heavy atom. The van der Waals surface area contributed by atoms with Crippen LogP contribution in [0.25, 0.3) is 10.9 Å². The van der Waals surface area contributed by atoms with Crippen molar-refractivity contribution in [1.82, 2.24) is 9.97 Å². The number of carbonyl (C=O) groups excluding carboxylic acids is 1. The third-order valence-electron chi connectivity index (χ3n) is 4.54. The van der Waals surface area contributed by atoms with Gasteiger partial charge in [0.05, 0.1) is 10.9 Å². The van der Waals surface area contributed by atoms with Crippen LogP contribution in [-0.2, 0) is 14.3 Å². The predicted octanol–water partition coefficient (Wildman–Crippen LogP) is 4.11. The molecule has 1 aromatic heterocycles. The molecule has 0 saturated heterocycles. The molecule has 0 atom stereocenters. The van der Waals surface area contributed by atoms with Gasteiger partial charge in [0.15, 0.2) is 0 Å². The molecular weight excluding hydrogens is 402 g/mol. The van der Waals surface area contributed by atoms with Gasteiger partial charge in [0.25, 0.3) is 0 Å². The molecular formula is C22H29N3O6. The summed E-state index contributed by atoms with van der Waals surface area (Å²) in [5, 5.41) is 13.0. The fraction of sp³-hybridized carbons (Fsp3) is 0.545. The lowest BCUT2D eigenvalue weighted by Crippen LogP contribution is -2.39. The van der Waals surface area contributed by atoms with Gasteiger partial charge in [-0.05, 0) is 65.7 Å². The number of fused-ring (bicyclic) bond motifs is 1. The lowest BCUT2D eigenvalue weighted by Gasteiger charge is -2.22. The summed E-state index contributed by atoms with van der Waals surface area (Å²) in [4.78, 5) is 32.3.